The van der Waals surface area contributed by atoms with Crippen molar-refractivity contribution in [2.45, 2.75) is 20.0 Å². The van der Waals surface area contributed by atoms with Gasteiger partial charge in [0.15, 0.2) is 11.0 Å². The Balaban J connectivity index is 2.11. The normalized spacial score (nSPS) is 10.5. The molecule has 110 valence electrons. The summed E-state index contributed by atoms with van der Waals surface area (Å²) in [6, 6.07) is 6.76. The lowest BCUT2D eigenvalue weighted by Crippen LogP contribution is -2.13. The molecule has 21 heavy (non-hydrogen) atoms. The van der Waals surface area contributed by atoms with Crippen molar-refractivity contribution in [3.8, 4) is 5.75 Å². The molecule has 0 spiro atoms. The Morgan fingerprint density at radius 3 is 2.48 bits per heavy atom. The van der Waals surface area contributed by atoms with Gasteiger partial charge in [0, 0.05) is 5.56 Å². The third kappa shape index (κ3) is 4.06. The lowest BCUT2D eigenvalue weighted by Gasteiger charge is -2.10. The Morgan fingerprint density at radius 2 is 1.86 bits per heavy atom. The average molecular weight is 326 g/mol. The van der Waals surface area contributed by atoms with E-state index in [1.807, 2.05) is 13.8 Å². The Hall–Kier alpha value is -1.85. The van der Waals surface area contributed by atoms with Crippen LogP contribution >= 0.6 is 23.2 Å². The summed E-state index contributed by atoms with van der Waals surface area (Å²) >= 11 is 11.7. The summed E-state index contributed by atoms with van der Waals surface area (Å²) in [5.74, 6) is 0.525. The van der Waals surface area contributed by atoms with Gasteiger partial charge in [0.2, 0.25) is 0 Å². The van der Waals surface area contributed by atoms with Gasteiger partial charge in [0.1, 0.15) is 17.1 Å². The summed E-state index contributed by atoms with van der Waals surface area (Å²) in [4.78, 5) is 19.7. The number of halogens is 2. The molecule has 2 aromatic rings. The van der Waals surface area contributed by atoms with Gasteiger partial charge in [-0.25, -0.2) is 9.97 Å². The molecule has 0 bridgehead atoms. The molecule has 2 rings (SSSR count). The molecule has 7 heteroatoms. The molecular formula is C14H13Cl2N3O2. The standard InChI is InChI=1S/C14H13Cl2N3O2/c1-8(2)21-10-5-3-9(4-6-10)14(20)19-13-11(15)12(16)17-7-18-13/h3-8H,1-2H3,(H,17,18,19,20). The minimum Gasteiger partial charge on any atom is -0.491 e. The number of benzene rings is 1. The second-order valence-electron chi connectivity index (χ2n) is 4.47. The van der Waals surface area contributed by atoms with Crippen LogP contribution in [-0.4, -0.2) is 22.0 Å². The van der Waals surface area contributed by atoms with Gasteiger partial charge in [-0.2, -0.15) is 0 Å². The highest BCUT2D eigenvalue weighted by Crippen LogP contribution is 2.25. The molecule has 0 unspecified atom stereocenters. The highest BCUT2D eigenvalue weighted by Gasteiger charge is 2.12. The maximum absolute atomic E-state index is 12.1. The van der Waals surface area contributed by atoms with E-state index in [2.05, 4.69) is 15.3 Å². The van der Waals surface area contributed by atoms with Crippen LogP contribution in [0.4, 0.5) is 5.82 Å². The molecule has 0 aliphatic heterocycles. The van der Waals surface area contributed by atoms with E-state index in [0.29, 0.717) is 11.3 Å². The van der Waals surface area contributed by atoms with Crippen LogP contribution in [0.15, 0.2) is 30.6 Å². The number of rotatable bonds is 4. The molecule has 1 heterocycles. The molecule has 0 fully saturated rings. The van der Waals surface area contributed by atoms with Crippen molar-refractivity contribution >= 4 is 34.9 Å². The second kappa shape index (κ2) is 6.74. The van der Waals surface area contributed by atoms with Gasteiger partial charge in [-0.1, -0.05) is 23.2 Å². The van der Waals surface area contributed by atoms with Crippen LogP contribution < -0.4 is 10.1 Å². The summed E-state index contributed by atoms with van der Waals surface area (Å²) in [5, 5.41) is 2.77. The molecule has 1 amide bonds. The van der Waals surface area contributed by atoms with E-state index in [0.717, 1.165) is 0 Å². The molecule has 1 aromatic heterocycles. The van der Waals surface area contributed by atoms with Crippen LogP contribution in [0.3, 0.4) is 0 Å². The second-order valence-corrected chi connectivity index (χ2v) is 5.21. The highest BCUT2D eigenvalue weighted by molar-refractivity contribution is 6.43. The van der Waals surface area contributed by atoms with Crippen molar-refractivity contribution in [3.63, 3.8) is 0 Å². The van der Waals surface area contributed by atoms with E-state index in [1.165, 1.54) is 6.33 Å². The lowest BCUT2D eigenvalue weighted by atomic mass is 10.2. The Labute approximate surface area is 132 Å². The van der Waals surface area contributed by atoms with Crippen molar-refractivity contribution in [1.82, 2.24) is 9.97 Å². The van der Waals surface area contributed by atoms with Crippen molar-refractivity contribution in [3.05, 3.63) is 46.3 Å². The van der Waals surface area contributed by atoms with Crippen molar-refractivity contribution < 1.29 is 9.53 Å². The number of carbonyl (C=O) groups excluding carboxylic acids is 1. The fourth-order valence-electron chi connectivity index (χ4n) is 1.57. The maximum atomic E-state index is 12.1. The lowest BCUT2D eigenvalue weighted by molar-refractivity contribution is 0.102. The fraction of sp³-hybridized carbons (Fsp3) is 0.214. The Kier molecular flexibility index (Phi) is 4.98. The van der Waals surface area contributed by atoms with Crippen molar-refractivity contribution in [2.24, 2.45) is 0 Å². The minimum atomic E-state index is -0.345. The summed E-state index contributed by atoms with van der Waals surface area (Å²) in [5.41, 5.74) is 0.455. The smallest absolute Gasteiger partial charge is 0.256 e. The first-order chi connectivity index (χ1) is 9.97. The zero-order chi connectivity index (χ0) is 15.4. The number of amides is 1. The number of nitrogens with zero attached hydrogens (tertiary/aromatic N) is 2. The molecule has 0 atom stereocenters. The first-order valence-corrected chi connectivity index (χ1v) is 6.97. The maximum Gasteiger partial charge on any atom is 0.256 e. The van der Waals surface area contributed by atoms with E-state index in [-0.39, 0.29) is 28.0 Å². The molecular weight excluding hydrogens is 313 g/mol. The largest absolute Gasteiger partial charge is 0.491 e. The molecule has 0 saturated heterocycles. The van der Waals surface area contributed by atoms with Gasteiger partial charge in [-0.15, -0.1) is 0 Å². The Bertz CT molecular complexity index is 645. The molecule has 1 aromatic carbocycles. The highest BCUT2D eigenvalue weighted by atomic mass is 35.5. The number of anilines is 1. The van der Waals surface area contributed by atoms with Crippen LogP contribution in [0.2, 0.25) is 10.2 Å². The quantitative estimate of drug-likeness (QED) is 0.868. The summed E-state index contributed by atoms with van der Waals surface area (Å²) in [7, 11) is 0. The van der Waals surface area contributed by atoms with E-state index in [1.54, 1.807) is 24.3 Å². The minimum absolute atomic E-state index is 0.0756. The van der Waals surface area contributed by atoms with E-state index >= 15 is 0 Å². The number of nitrogens with one attached hydrogen (secondary N) is 1. The first-order valence-electron chi connectivity index (χ1n) is 6.21. The predicted molar refractivity (Wildman–Crippen MR) is 82.2 cm³/mol. The third-order valence-electron chi connectivity index (χ3n) is 2.47. The molecule has 0 saturated carbocycles. The molecule has 0 aliphatic rings. The van der Waals surface area contributed by atoms with Gasteiger partial charge < -0.3 is 10.1 Å². The van der Waals surface area contributed by atoms with E-state index < -0.39 is 0 Å². The molecule has 0 radical (unpaired) electrons. The molecule has 5 nitrogen and oxygen atoms in total. The van der Waals surface area contributed by atoms with Crippen LogP contribution in [0, 0.1) is 0 Å². The zero-order valence-electron chi connectivity index (χ0n) is 11.4. The van der Waals surface area contributed by atoms with Crippen LogP contribution in [-0.2, 0) is 0 Å². The van der Waals surface area contributed by atoms with Crippen LogP contribution in [0.1, 0.15) is 24.2 Å². The fourth-order valence-corrected chi connectivity index (χ4v) is 1.85. The van der Waals surface area contributed by atoms with Crippen LogP contribution in [0.25, 0.3) is 0 Å². The number of aromatic nitrogens is 2. The van der Waals surface area contributed by atoms with E-state index in [9.17, 15) is 4.79 Å². The first kappa shape index (κ1) is 15.5. The monoisotopic (exact) mass is 325 g/mol. The number of ether oxygens (including phenoxy) is 1. The average Bonchev–Trinajstić information content (AvgIpc) is 2.44. The van der Waals surface area contributed by atoms with Gasteiger partial charge >= 0.3 is 0 Å². The van der Waals surface area contributed by atoms with Gasteiger partial charge in [0.25, 0.3) is 5.91 Å². The van der Waals surface area contributed by atoms with E-state index in [4.69, 9.17) is 27.9 Å². The Morgan fingerprint density at radius 1 is 1.19 bits per heavy atom. The van der Waals surface area contributed by atoms with Gasteiger partial charge in [0.05, 0.1) is 6.10 Å². The molecule has 1 N–H and O–H groups in total. The third-order valence-corrected chi connectivity index (χ3v) is 3.21. The SMILES string of the molecule is CC(C)Oc1ccc(C(=O)Nc2ncnc(Cl)c2Cl)cc1. The zero-order valence-corrected chi connectivity index (χ0v) is 12.9. The van der Waals surface area contributed by atoms with Crippen LogP contribution in [0.5, 0.6) is 5.75 Å². The van der Waals surface area contributed by atoms with Gasteiger partial charge in [-0.3, -0.25) is 4.79 Å². The topological polar surface area (TPSA) is 64.1 Å². The number of carbonyl (C=O) groups is 1. The van der Waals surface area contributed by atoms with Crippen molar-refractivity contribution in [2.75, 3.05) is 5.32 Å². The molecule has 0 aliphatic carbocycles. The number of hydrogen-bond acceptors (Lipinski definition) is 4. The summed E-state index contributed by atoms with van der Waals surface area (Å²) in [6.45, 7) is 3.86. The van der Waals surface area contributed by atoms with Gasteiger partial charge in [-0.05, 0) is 38.1 Å². The van der Waals surface area contributed by atoms with Crippen molar-refractivity contribution in [1.29, 1.82) is 0 Å². The summed E-state index contributed by atoms with van der Waals surface area (Å²) in [6.07, 6.45) is 1.30. The predicted octanol–water partition coefficient (Wildman–Crippen LogP) is 3.82. The number of hydrogen-bond donors (Lipinski definition) is 1. The summed E-state index contributed by atoms with van der Waals surface area (Å²) < 4.78 is 5.51.